The molecule has 0 aliphatic carbocycles. The Balaban J connectivity index is 1.48. The van der Waals surface area contributed by atoms with Gasteiger partial charge in [-0.1, -0.05) is 91.0 Å². The maximum absolute atomic E-state index is 12.3. The predicted octanol–water partition coefficient (Wildman–Crippen LogP) is 4.58. The first-order chi connectivity index (χ1) is 17.6. The van der Waals surface area contributed by atoms with Gasteiger partial charge in [0, 0.05) is 19.6 Å². The first kappa shape index (κ1) is 24.6. The van der Waals surface area contributed by atoms with Crippen LogP contribution in [-0.2, 0) is 33.2 Å². The summed E-state index contributed by atoms with van der Waals surface area (Å²) < 4.78 is 36.8. The van der Waals surface area contributed by atoms with E-state index in [9.17, 15) is 4.79 Å². The monoisotopic (exact) mass is 490 g/mol. The standard InChI is InChI=1S/C29H30O7/c1-19(30)33-26-25-23(18-32-28(36-25)22-16-10-5-11-17-22)34-29(31-2)27(26)35-24(20-12-6-3-7-13-20)21-14-8-4-9-15-21/h3-17,23-29H,18H2,1-2H3/t23-,25-,26+,27-,28?,29+/m1/s1. The summed E-state index contributed by atoms with van der Waals surface area (Å²) in [6.07, 6.45) is -4.52. The molecule has 2 aliphatic heterocycles. The molecule has 0 bridgehead atoms. The van der Waals surface area contributed by atoms with Gasteiger partial charge in [-0.15, -0.1) is 0 Å². The zero-order chi connectivity index (χ0) is 24.9. The van der Waals surface area contributed by atoms with E-state index in [4.69, 9.17) is 28.4 Å². The minimum absolute atomic E-state index is 0.259. The molecule has 2 saturated heterocycles. The molecule has 0 aromatic heterocycles. The number of hydrogen-bond donors (Lipinski definition) is 0. The van der Waals surface area contributed by atoms with Gasteiger partial charge in [0.05, 0.1) is 6.61 Å². The van der Waals surface area contributed by atoms with Crippen LogP contribution >= 0.6 is 0 Å². The van der Waals surface area contributed by atoms with Crippen LogP contribution in [0.4, 0.5) is 0 Å². The Bertz CT molecular complexity index is 1070. The highest BCUT2D eigenvalue weighted by atomic mass is 16.8. The highest BCUT2D eigenvalue weighted by molar-refractivity contribution is 5.66. The number of carbonyl (C=O) groups is 1. The minimum Gasteiger partial charge on any atom is -0.457 e. The lowest BCUT2D eigenvalue weighted by atomic mass is 9.95. The van der Waals surface area contributed by atoms with Crippen molar-refractivity contribution in [2.45, 2.75) is 50.0 Å². The molecule has 0 amide bonds. The molecule has 36 heavy (non-hydrogen) atoms. The SMILES string of the molecule is CO[C@H]1O[C@@H]2COC(c3ccccc3)O[C@H]2[C@H](OC(C)=O)[C@H]1OC(c1ccccc1)c1ccccc1. The van der Waals surface area contributed by atoms with E-state index in [1.807, 2.05) is 91.0 Å². The molecule has 3 aromatic carbocycles. The van der Waals surface area contributed by atoms with E-state index in [2.05, 4.69) is 0 Å². The highest BCUT2D eigenvalue weighted by Gasteiger charge is 2.53. The van der Waals surface area contributed by atoms with E-state index in [1.165, 1.54) is 6.92 Å². The molecule has 7 nitrogen and oxygen atoms in total. The number of hydrogen-bond acceptors (Lipinski definition) is 7. The van der Waals surface area contributed by atoms with Crippen LogP contribution < -0.4 is 0 Å². The lowest BCUT2D eigenvalue weighted by Gasteiger charge is -2.48. The molecule has 2 aliphatic rings. The molecular weight excluding hydrogens is 460 g/mol. The molecular formula is C29H30O7. The highest BCUT2D eigenvalue weighted by Crippen LogP contribution is 2.39. The molecule has 3 aromatic rings. The zero-order valence-corrected chi connectivity index (χ0v) is 20.3. The van der Waals surface area contributed by atoms with Gasteiger partial charge in [-0.05, 0) is 11.1 Å². The predicted molar refractivity (Wildman–Crippen MR) is 131 cm³/mol. The van der Waals surface area contributed by atoms with Crippen LogP contribution in [0, 0.1) is 0 Å². The molecule has 188 valence electrons. The topological polar surface area (TPSA) is 72.5 Å². The normalized spacial score (nSPS) is 27.9. The number of esters is 1. The van der Waals surface area contributed by atoms with Crippen molar-refractivity contribution in [3.05, 3.63) is 108 Å². The third-order valence-electron chi connectivity index (χ3n) is 6.39. The molecule has 2 fully saturated rings. The summed E-state index contributed by atoms with van der Waals surface area (Å²) in [7, 11) is 1.55. The van der Waals surface area contributed by atoms with E-state index in [1.54, 1.807) is 7.11 Å². The van der Waals surface area contributed by atoms with Gasteiger partial charge in [0.25, 0.3) is 0 Å². The summed E-state index contributed by atoms with van der Waals surface area (Å²) in [5.74, 6) is -0.438. The summed E-state index contributed by atoms with van der Waals surface area (Å²) in [5.41, 5.74) is 2.78. The van der Waals surface area contributed by atoms with Crippen LogP contribution in [0.15, 0.2) is 91.0 Å². The maximum atomic E-state index is 12.3. The second kappa shape index (κ2) is 11.3. The molecule has 1 unspecified atom stereocenters. The third-order valence-corrected chi connectivity index (χ3v) is 6.39. The molecule has 2 heterocycles. The Kier molecular flexibility index (Phi) is 7.75. The van der Waals surface area contributed by atoms with E-state index in [-0.39, 0.29) is 6.61 Å². The van der Waals surface area contributed by atoms with Gasteiger partial charge < -0.3 is 28.4 Å². The number of benzene rings is 3. The summed E-state index contributed by atoms with van der Waals surface area (Å²) in [6, 6.07) is 29.4. The van der Waals surface area contributed by atoms with Gasteiger partial charge in [-0.25, -0.2) is 0 Å². The van der Waals surface area contributed by atoms with Crippen molar-refractivity contribution in [2.75, 3.05) is 13.7 Å². The summed E-state index contributed by atoms with van der Waals surface area (Å²) >= 11 is 0. The van der Waals surface area contributed by atoms with Gasteiger partial charge in [0.1, 0.15) is 24.4 Å². The van der Waals surface area contributed by atoms with Crippen molar-refractivity contribution in [2.24, 2.45) is 0 Å². The largest absolute Gasteiger partial charge is 0.457 e. The van der Waals surface area contributed by atoms with E-state index in [0.717, 1.165) is 16.7 Å². The molecule has 6 atom stereocenters. The van der Waals surface area contributed by atoms with Crippen molar-refractivity contribution in [1.29, 1.82) is 0 Å². The number of carbonyl (C=O) groups excluding carboxylic acids is 1. The van der Waals surface area contributed by atoms with Gasteiger partial charge in [0.15, 0.2) is 18.7 Å². The van der Waals surface area contributed by atoms with E-state index < -0.39 is 49.1 Å². The minimum atomic E-state index is -0.800. The quantitative estimate of drug-likeness (QED) is 0.449. The van der Waals surface area contributed by atoms with Crippen molar-refractivity contribution in [3.8, 4) is 0 Å². The summed E-state index contributed by atoms with van der Waals surface area (Å²) in [4.78, 5) is 12.3. The average molecular weight is 491 g/mol. The molecule has 7 heteroatoms. The Hall–Kier alpha value is -3.07. The molecule has 0 spiro atoms. The second-order valence-electron chi connectivity index (χ2n) is 8.83. The van der Waals surface area contributed by atoms with Crippen molar-refractivity contribution in [3.63, 3.8) is 0 Å². The van der Waals surface area contributed by atoms with Crippen LogP contribution in [0.5, 0.6) is 0 Å². The lowest BCUT2D eigenvalue weighted by molar-refractivity contribution is -0.365. The fourth-order valence-corrected chi connectivity index (χ4v) is 4.75. The van der Waals surface area contributed by atoms with Gasteiger partial charge in [-0.3, -0.25) is 4.79 Å². The summed E-state index contributed by atoms with van der Waals surface area (Å²) in [5, 5.41) is 0. The number of rotatable bonds is 7. The van der Waals surface area contributed by atoms with Gasteiger partial charge in [-0.2, -0.15) is 0 Å². The fourth-order valence-electron chi connectivity index (χ4n) is 4.75. The average Bonchev–Trinajstić information content (AvgIpc) is 2.93. The van der Waals surface area contributed by atoms with Crippen molar-refractivity contribution >= 4 is 5.97 Å². The Morgan fingerprint density at radius 3 is 1.97 bits per heavy atom. The molecule has 0 radical (unpaired) electrons. The van der Waals surface area contributed by atoms with Crippen LogP contribution in [-0.4, -0.2) is 50.4 Å². The van der Waals surface area contributed by atoms with Crippen LogP contribution in [0.1, 0.15) is 36.0 Å². The number of methoxy groups -OCH3 is 1. The van der Waals surface area contributed by atoms with E-state index in [0.29, 0.717) is 0 Å². The molecule has 0 N–H and O–H groups in total. The Morgan fingerprint density at radius 2 is 1.42 bits per heavy atom. The molecule has 5 rings (SSSR count). The summed E-state index contributed by atoms with van der Waals surface area (Å²) in [6.45, 7) is 1.64. The van der Waals surface area contributed by atoms with Gasteiger partial charge >= 0.3 is 5.97 Å². The van der Waals surface area contributed by atoms with Crippen molar-refractivity contribution < 1.29 is 33.2 Å². The van der Waals surface area contributed by atoms with Crippen LogP contribution in [0.3, 0.4) is 0 Å². The Labute approximate surface area is 210 Å². The second-order valence-corrected chi connectivity index (χ2v) is 8.83. The Morgan fingerprint density at radius 1 is 0.833 bits per heavy atom. The molecule has 0 saturated carbocycles. The van der Waals surface area contributed by atoms with E-state index >= 15 is 0 Å². The smallest absolute Gasteiger partial charge is 0.303 e. The third kappa shape index (κ3) is 5.36. The maximum Gasteiger partial charge on any atom is 0.303 e. The zero-order valence-electron chi connectivity index (χ0n) is 20.3. The van der Waals surface area contributed by atoms with Crippen LogP contribution in [0.25, 0.3) is 0 Å². The lowest BCUT2D eigenvalue weighted by Crippen LogP contribution is -2.64. The van der Waals surface area contributed by atoms with Crippen molar-refractivity contribution in [1.82, 2.24) is 0 Å². The van der Waals surface area contributed by atoms with Gasteiger partial charge in [0.2, 0.25) is 0 Å². The number of ether oxygens (including phenoxy) is 6. The number of fused-ring (bicyclic) bond motifs is 1. The first-order valence-electron chi connectivity index (χ1n) is 12.1. The van der Waals surface area contributed by atoms with Crippen LogP contribution in [0.2, 0.25) is 0 Å². The fraction of sp³-hybridized carbons (Fsp3) is 0.345. The first-order valence-corrected chi connectivity index (χ1v) is 12.1.